The molecule has 3 nitrogen and oxygen atoms in total. The van der Waals surface area contributed by atoms with E-state index in [1.54, 1.807) is 26.2 Å². The highest BCUT2D eigenvalue weighted by Gasteiger charge is 2.06. The normalized spacial score (nSPS) is 8.74. The Bertz CT molecular complexity index is 661. The molecule has 2 rings (SSSR count). The van der Waals surface area contributed by atoms with Crippen molar-refractivity contribution in [3.63, 3.8) is 0 Å². The number of aryl methyl sites for hydroxylation is 3. The van der Waals surface area contributed by atoms with E-state index in [1.807, 2.05) is 58.9 Å². The van der Waals surface area contributed by atoms with Crippen LogP contribution in [0.2, 0.25) is 0 Å². The maximum atomic E-state index is 9.89. The average molecular weight is 374 g/mol. The maximum Gasteiger partial charge on any atom is 0.160 e. The van der Waals surface area contributed by atoms with Crippen LogP contribution in [-0.4, -0.2) is 17.3 Å². The highest BCUT2D eigenvalue weighted by atomic mass is 16.5. The van der Waals surface area contributed by atoms with Gasteiger partial charge in [0, 0.05) is 5.56 Å². The Morgan fingerprint density at radius 1 is 0.926 bits per heavy atom. The summed E-state index contributed by atoms with van der Waals surface area (Å²) in [5, 5.41) is 19.5. The van der Waals surface area contributed by atoms with Crippen molar-refractivity contribution in [2.24, 2.45) is 0 Å². The molecular weight excluding hydrogens is 336 g/mol. The van der Waals surface area contributed by atoms with Crippen LogP contribution in [0.25, 0.3) is 6.08 Å². The third-order valence-electron chi connectivity index (χ3n) is 3.56. The maximum absolute atomic E-state index is 9.89. The lowest BCUT2D eigenvalue weighted by Crippen LogP contribution is -1.94. The van der Waals surface area contributed by atoms with Crippen LogP contribution in [0.4, 0.5) is 0 Å². The summed E-state index contributed by atoms with van der Waals surface area (Å²) in [5.41, 5.74) is 3.85. The minimum atomic E-state index is 0.149. The fourth-order valence-electron chi connectivity index (χ4n) is 2.35. The van der Waals surface area contributed by atoms with E-state index in [9.17, 15) is 10.2 Å². The average Bonchev–Trinajstić information content (AvgIpc) is 2.74. The van der Waals surface area contributed by atoms with Crippen molar-refractivity contribution >= 4 is 6.08 Å². The summed E-state index contributed by atoms with van der Waals surface area (Å²) < 4.78 is 5.11. The highest BCUT2D eigenvalue weighted by molar-refractivity contribution is 5.59. The third kappa shape index (κ3) is 8.67. The molecule has 0 heterocycles. The number of phenolic OH excluding ortho intramolecular Hbond substituents is 2. The van der Waals surface area contributed by atoms with E-state index in [0.717, 1.165) is 35.1 Å². The Labute approximate surface area is 166 Å². The number of aromatic hydroxyl groups is 2. The van der Waals surface area contributed by atoms with E-state index < -0.39 is 0 Å². The van der Waals surface area contributed by atoms with Crippen LogP contribution in [0.1, 0.15) is 56.9 Å². The number of ether oxygens (including phenoxy) is 1. The molecule has 0 fully saturated rings. The molecule has 0 aromatic heterocycles. The summed E-state index contributed by atoms with van der Waals surface area (Å²) in [6, 6.07) is 9.31. The number of benzene rings is 2. The zero-order valence-corrected chi connectivity index (χ0v) is 18.1. The molecular formula is C24H37O3. The topological polar surface area (TPSA) is 49.7 Å². The lowest BCUT2D eigenvalue weighted by Gasteiger charge is -2.09. The summed E-state index contributed by atoms with van der Waals surface area (Å²) in [6.07, 6.45) is 3.34. The molecule has 0 aliphatic carbocycles. The van der Waals surface area contributed by atoms with Crippen LogP contribution >= 0.6 is 0 Å². The van der Waals surface area contributed by atoms with E-state index in [1.165, 1.54) is 0 Å². The van der Waals surface area contributed by atoms with Crippen LogP contribution in [0.15, 0.2) is 36.9 Å². The SMILES string of the molecule is C=Cc1cc(CCc2ccc(O)c(OC)c2)cc(C)c1O.CC.CC.[CH2]C. The van der Waals surface area contributed by atoms with E-state index in [4.69, 9.17) is 4.74 Å². The van der Waals surface area contributed by atoms with Gasteiger partial charge in [-0.15, -0.1) is 0 Å². The zero-order valence-electron chi connectivity index (χ0n) is 18.1. The fourth-order valence-corrected chi connectivity index (χ4v) is 2.35. The number of rotatable bonds is 5. The summed E-state index contributed by atoms with van der Waals surface area (Å²) in [6.45, 7) is 18.6. The van der Waals surface area contributed by atoms with Gasteiger partial charge in [-0.3, -0.25) is 0 Å². The van der Waals surface area contributed by atoms with Gasteiger partial charge >= 0.3 is 0 Å². The van der Waals surface area contributed by atoms with Crippen LogP contribution < -0.4 is 4.74 Å². The minimum absolute atomic E-state index is 0.149. The molecule has 0 unspecified atom stereocenters. The molecule has 27 heavy (non-hydrogen) atoms. The first-order valence-electron chi connectivity index (χ1n) is 9.56. The summed E-state index contributed by atoms with van der Waals surface area (Å²) >= 11 is 0. The van der Waals surface area contributed by atoms with Crippen molar-refractivity contribution in [1.29, 1.82) is 0 Å². The summed E-state index contributed by atoms with van der Waals surface area (Å²) in [7, 11) is 1.54. The summed E-state index contributed by atoms with van der Waals surface area (Å²) in [5.74, 6) is 0.928. The Morgan fingerprint density at radius 3 is 2.00 bits per heavy atom. The lowest BCUT2D eigenvalue weighted by molar-refractivity contribution is 0.373. The predicted octanol–water partition coefficient (Wildman–Crippen LogP) is 6.74. The number of hydrogen-bond acceptors (Lipinski definition) is 3. The molecule has 0 atom stereocenters. The van der Waals surface area contributed by atoms with Gasteiger partial charge in [-0.05, 0) is 54.7 Å². The molecule has 2 aromatic rings. The van der Waals surface area contributed by atoms with Gasteiger partial charge in [0.25, 0.3) is 0 Å². The first-order valence-corrected chi connectivity index (χ1v) is 9.56. The lowest BCUT2D eigenvalue weighted by atomic mass is 9.99. The van der Waals surface area contributed by atoms with Crippen molar-refractivity contribution < 1.29 is 14.9 Å². The molecule has 0 aliphatic heterocycles. The van der Waals surface area contributed by atoms with Gasteiger partial charge in [-0.1, -0.05) is 66.3 Å². The Kier molecular flexibility index (Phi) is 15.7. The largest absolute Gasteiger partial charge is 0.507 e. The first kappa shape index (κ1) is 26.8. The Morgan fingerprint density at radius 2 is 1.48 bits per heavy atom. The van der Waals surface area contributed by atoms with E-state index in [2.05, 4.69) is 13.5 Å². The van der Waals surface area contributed by atoms with Gasteiger partial charge in [0.05, 0.1) is 7.11 Å². The van der Waals surface area contributed by atoms with Crippen LogP contribution in [-0.2, 0) is 12.8 Å². The second-order valence-electron chi connectivity index (χ2n) is 5.06. The molecule has 3 heteroatoms. The third-order valence-corrected chi connectivity index (χ3v) is 3.56. The Balaban J connectivity index is 0. The minimum Gasteiger partial charge on any atom is -0.507 e. The number of hydrogen-bond donors (Lipinski definition) is 2. The zero-order chi connectivity index (χ0) is 21.4. The summed E-state index contributed by atoms with van der Waals surface area (Å²) in [4.78, 5) is 0. The van der Waals surface area contributed by atoms with Gasteiger partial charge in [-0.25, -0.2) is 0 Å². The molecule has 2 aromatic carbocycles. The van der Waals surface area contributed by atoms with Crippen LogP contribution in [0.5, 0.6) is 17.2 Å². The van der Waals surface area contributed by atoms with Crippen molar-refractivity contribution in [3.05, 3.63) is 66.1 Å². The molecule has 1 radical (unpaired) electrons. The van der Waals surface area contributed by atoms with Gasteiger partial charge in [0.15, 0.2) is 11.5 Å². The molecule has 2 N–H and O–H groups in total. The van der Waals surface area contributed by atoms with Crippen molar-refractivity contribution in [3.8, 4) is 17.2 Å². The van der Waals surface area contributed by atoms with E-state index in [0.29, 0.717) is 11.5 Å². The van der Waals surface area contributed by atoms with Crippen molar-refractivity contribution in [2.75, 3.05) is 7.11 Å². The van der Waals surface area contributed by atoms with Crippen LogP contribution in [0, 0.1) is 13.8 Å². The predicted molar refractivity (Wildman–Crippen MR) is 119 cm³/mol. The number of phenols is 2. The second kappa shape index (κ2) is 15.8. The van der Waals surface area contributed by atoms with E-state index in [-0.39, 0.29) is 5.75 Å². The van der Waals surface area contributed by atoms with Crippen LogP contribution in [0.3, 0.4) is 0 Å². The fraction of sp³-hybridized carbons (Fsp3) is 0.375. The molecule has 0 amide bonds. The Hall–Kier alpha value is -2.42. The van der Waals surface area contributed by atoms with E-state index >= 15 is 0 Å². The molecule has 0 saturated heterocycles. The highest BCUT2D eigenvalue weighted by Crippen LogP contribution is 2.28. The molecule has 0 saturated carbocycles. The van der Waals surface area contributed by atoms with Crippen molar-refractivity contribution in [1.82, 2.24) is 0 Å². The standard InChI is InChI=1S/C18H20O3.2C2H6.C2H5/c1-4-15-10-14(9-12(2)18(15)20)6-5-13-7-8-16(19)17(11-13)21-3;3*1-2/h4,7-11,19-20H,1,5-6H2,2-3H3;2*1-2H3;1H2,2H3. The second-order valence-corrected chi connectivity index (χ2v) is 5.06. The number of methoxy groups -OCH3 is 1. The molecule has 0 bridgehead atoms. The molecule has 0 aliphatic rings. The van der Waals surface area contributed by atoms with Crippen molar-refractivity contribution in [2.45, 2.75) is 54.4 Å². The van der Waals surface area contributed by atoms with Gasteiger partial charge in [-0.2, -0.15) is 0 Å². The quantitative estimate of drug-likeness (QED) is 0.610. The van der Waals surface area contributed by atoms with Gasteiger partial charge in [0.1, 0.15) is 5.75 Å². The van der Waals surface area contributed by atoms with Gasteiger partial charge < -0.3 is 14.9 Å². The molecule has 151 valence electrons. The van der Waals surface area contributed by atoms with Gasteiger partial charge in [0.2, 0.25) is 0 Å². The monoisotopic (exact) mass is 373 g/mol. The first-order chi connectivity index (χ1) is 13.0. The smallest absolute Gasteiger partial charge is 0.160 e. The molecule has 0 spiro atoms.